The highest BCUT2D eigenvalue weighted by atomic mass is 16.6. The van der Waals surface area contributed by atoms with E-state index in [9.17, 15) is 9.59 Å². The van der Waals surface area contributed by atoms with Crippen LogP contribution in [0.25, 0.3) is 0 Å². The van der Waals surface area contributed by atoms with E-state index in [4.69, 9.17) is 18.9 Å². The largest absolute Gasteiger partial charge is 0.493 e. The number of carbonyl (C=O) groups is 2. The molecule has 1 heterocycles. The Labute approximate surface area is 158 Å². The first-order chi connectivity index (χ1) is 13.0. The first-order valence-electron chi connectivity index (χ1n) is 8.85. The number of hydrogen-bond acceptors (Lipinski definition) is 6. The SMILES string of the molecule is CCc1ccc(C(=O)[C@H](C)OC(=O)c2cc(OC)c3c(c2)OCCO3)cc1. The lowest BCUT2D eigenvalue weighted by molar-refractivity contribution is 0.0317. The third-order valence-electron chi connectivity index (χ3n) is 4.36. The van der Waals surface area contributed by atoms with Crippen LogP contribution >= 0.6 is 0 Å². The van der Waals surface area contributed by atoms with Crippen molar-refractivity contribution >= 4 is 11.8 Å². The molecular formula is C21H22O6. The van der Waals surface area contributed by atoms with Gasteiger partial charge in [0.05, 0.1) is 12.7 Å². The molecule has 0 aromatic heterocycles. The molecule has 27 heavy (non-hydrogen) atoms. The van der Waals surface area contributed by atoms with Gasteiger partial charge in [0, 0.05) is 5.56 Å². The molecule has 0 fully saturated rings. The van der Waals surface area contributed by atoms with Gasteiger partial charge >= 0.3 is 5.97 Å². The molecule has 2 aromatic carbocycles. The molecular weight excluding hydrogens is 348 g/mol. The van der Waals surface area contributed by atoms with Crippen LogP contribution in [0.3, 0.4) is 0 Å². The second kappa shape index (κ2) is 8.12. The molecule has 1 aliphatic heterocycles. The van der Waals surface area contributed by atoms with Gasteiger partial charge in [0.15, 0.2) is 17.6 Å². The van der Waals surface area contributed by atoms with Gasteiger partial charge in [-0.2, -0.15) is 0 Å². The van der Waals surface area contributed by atoms with E-state index in [1.54, 1.807) is 19.1 Å². The Hall–Kier alpha value is -3.02. The third kappa shape index (κ3) is 4.05. The van der Waals surface area contributed by atoms with Gasteiger partial charge in [0.25, 0.3) is 0 Å². The lowest BCUT2D eigenvalue weighted by Gasteiger charge is -2.21. The van der Waals surface area contributed by atoms with Crippen molar-refractivity contribution < 1.29 is 28.5 Å². The summed E-state index contributed by atoms with van der Waals surface area (Å²) < 4.78 is 21.7. The van der Waals surface area contributed by atoms with Crippen molar-refractivity contribution in [3.05, 3.63) is 53.1 Å². The number of ether oxygens (including phenoxy) is 4. The standard InChI is InChI=1S/C21H22O6/c1-4-14-5-7-15(8-6-14)19(22)13(2)27-21(23)16-11-17(24-3)20-18(12-16)25-9-10-26-20/h5-8,11-13H,4,9-10H2,1-3H3/t13-/m0/s1. The van der Waals surface area contributed by atoms with Gasteiger partial charge in [0.2, 0.25) is 11.5 Å². The maximum Gasteiger partial charge on any atom is 0.339 e. The van der Waals surface area contributed by atoms with Gasteiger partial charge < -0.3 is 18.9 Å². The zero-order chi connectivity index (χ0) is 19.4. The van der Waals surface area contributed by atoms with Crippen molar-refractivity contribution in [3.8, 4) is 17.2 Å². The van der Waals surface area contributed by atoms with Crippen molar-refractivity contribution in [2.24, 2.45) is 0 Å². The van der Waals surface area contributed by atoms with Crippen molar-refractivity contribution in [2.45, 2.75) is 26.4 Å². The Morgan fingerprint density at radius 2 is 1.78 bits per heavy atom. The monoisotopic (exact) mass is 370 g/mol. The lowest BCUT2D eigenvalue weighted by Crippen LogP contribution is -2.24. The molecule has 6 heteroatoms. The van der Waals surface area contributed by atoms with E-state index in [1.807, 2.05) is 19.1 Å². The van der Waals surface area contributed by atoms with Crippen LogP contribution in [0.4, 0.5) is 0 Å². The summed E-state index contributed by atoms with van der Waals surface area (Å²) in [4.78, 5) is 25.0. The molecule has 1 aliphatic rings. The number of fused-ring (bicyclic) bond motifs is 1. The van der Waals surface area contributed by atoms with Crippen LogP contribution in [0, 0.1) is 0 Å². The summed E-state index contributed by atoms with van der Waals surface area (Å²) >= 11 is 0. The number of carbonyl (C=O) groups excluding carboxylic acids is 2. The Morgan fingerprint density at radius 3 is 2.44 bits per heavy atom. The first-order valence-corrected chi connectivity index (χ1v) is 8.85. The molecule has 2 aromatic rings. The van der Waals surface area contributed by atoms with Gasteiger partial charge in [-0.25, -0.2) is 4.79 Å². The number of aryl methyl sites for hydroxylation is 1. The molecule has 0 radical (unpaired) electrons. The van der Waals surface area contributed by atoms with Crippen molar-refractivity contribution in [1.82, 2.24) is 0 Å². The molecule has 0 bridgehead atoms. The van der Waals surface area contributed by atoms with Gasteiger partial charge in [-0.15, -0.1) is 0 Å². The Balaban J connectivity index is 1.75. The molecule has 6 nitrogen and oxygen atoms in total. The van der Waals surface area contributed by atoms with Gasteiger partial charge in [0.1, 0.15) is 13.2 Å². The summed E-state index contributed by atoms with van der Waals surface area (Å²) in [6.07, 6.45) is -0.0190. The highest BCUT2D eigenvalue weighted by Crippen LogP contribution is 2.40. The lowest BCUT2D eigenvalue weighted by atomic mass is 10.0. The molecule has 3 rings (SSSR count). The van der Waals surface area contributed by atoms with Gasteiger partial charge in [-0.1, -0.05) is 31.2 Å². The van der Waals surface area contributed by atoms with E-state index in [0.717, 1.165) is 12.0 Å². The zero-order valence-corrected chi connectivity index (χ0v) is 15.6. The number of benzene rings is 2. The zero-order valence-electron chi connectivity index (χ0n) is 15.6. The van der Waals surface area contributed by atoms with Gasteiger partial charge in [-0.3, -0.25) is 4.79 Å². The highest BCUT2D eigenvalue weighted by molar-refractivity contribution is 6.01. The Kier molecular flexibility index (Phi) is 5.64. The fourth-order valence-electron chi connectivity index (χ4n) is 2.81. The fourth-order valence-corrected chi connectivity index (χ4v) is 2.81. The second-order valence-electron chi connectivity index (χ2n) is 6.16. The van der Waals surface area contributed by atoms with E-state index in [-0.39, 0.29) is 11.3 Å². The summed E-state index contributed by atoms with van der Waals surface area (Å²) in [6.45, 7) is 4.40. The number of Topliss-reactive ketones (excluding diaryl/α,β-unsaturated/α-hetero) is 1. The van der Waals surface area contributed by atoms with Crippen LogP contribution in [0.2, 0.25) is 0 Å². The molecule has 0 amide bonds. The van der Waals surface area contributed by atoms with Crippen LogP contribution in [-0.2, 0) is 11.2 Å². The average molecular weight is 370 g/mol. The molecule has 142 valence electrons. The van der Waals surface area contributed by atoms with Gasteiger partial charge in [-0.05, 0) is 31.0 Å². The number of hydrogen-bond donors (Lipinski definition) is 0. The minimum Gasteiger partial charge on any atom is -0.493 e. The van der Waals surface area contributed by atoms with Crippen molar-refractivity contribution in [2.75, 3.05) is 20.3 Å². The molecule has 0 unspecified atom stereocenters. The first kappa shape index (κ1) is 18.8. The topological polar surface area (TPSA) is 71.1 Å². The molecule has 1 atom stereocenters. The predicted molar refractivity (Wildman–Crippen MR) is 99.0 cm³/mol. The second-order valence-corrected chi connectivity index (χ2v) is 6.16. The predicted octanol–water partition coefficient (Wildman–Crippen LogP) is 3.46. The maximum atomic E-state index is 12.5. The maximum absolute atomic E-state index is 12.5. The fraction of sp³-hybridized carbons (Fsp3) is 0.333. The third-order valence-corrected chi connectivity index (χ3v) is 4.36. The molecule has 0 aliphatic carbocycles. The van der Waals surface area contributed by atoms with Crippen molar-refractivity contribution in [3.63, 3.8) is 0 Å². The molecule has 0 saturated heterocycles. The molecule has 0 spiro atoms. The number of esters is 1. The number of ketones is 1. The summed E-state index contributed by atoms with van der Waals surface area (Å²) in [5.74, 6) is 0.377. The van der Waals surface area contributed by atoms with E-state index < -0.39 is 12.1 Å². The van der Waals surface area contributed by atoms with Crippen LogP contribution in [0.5, 0.6) is 17.2 Å². The minimum atomic E-state index is -0.913. The number of rotatable bonds is 6. The van der Waals surface area contributed by atoms with Crippen molar-refractivity contribution in [1.29, 1.82) is 0 Å². The Morgan fingerprint density at radius 1 is 1.07 bits per heavy atom. The minimum absolute atomic E-state index is 0.233. The van der Waals surface area contributed by atoms with Crippen LogP contribution in [0.1, 0.15) is 40.1 Å². The van der Waals surface area contributed by atoms with E-state index in [2.05, 4.69) is 0 Å². The summed E-state index contributed by atoms with van der Waals surface area (Å²) in [6, 6.07) is 10.3. The van der Waals surface area contributed by atoms with Crippen LogP contribution in [-0.4, -0.2) is 38.2 Å². The smallest absolute Gasteiger partial charge is 0.339 e. The van der Waals surface area contributed by atoms with E-state index in [0.29, 0.717) is 36.0 Å². The van der Waals surface area contributed by atoms with Crippen LogP contribution in [0.15, 0.2) is 36.4 Å². The summed E-state index contributed by atoms with van der Waals surface area (Å²) in [5, 5.41) is 0. The Bertz CT molecular complexity index is 823. The quantitative estimate of drug-likeness (QED) is 0.573. The number of methoxy groups -OCH3 is 1. The normalized spacial score (nSPS) is 13.6. The summed E-state index contributed by atoms with van der Waals surface area (Å²) in [7, 11) is 1.48. The van der Waals surface area contributed by atoms with E-state index in [1.165, 1.54) is 19.2 Å². The summed E-state index contributed by atoms with van der Waals surface area (Å²) in [5.41, 5.74) is 1.88. The average Bonchev–Trinajstić information content (AvgIpc) is 2.72. The van der Waals surface area contributed by atoms with Crippen LogP contribution < -0.4 is 14.2 Å². The van der Waals surface area contributed by atoms with E-state index >= 15 is 0 Å². The molecule has 0 N–H and O–H groups in total. The highest BCUT2D eigenvalue weighted by Gasteiger charge is 2.24. The molecule has 0 saturated carbocycles.